The molecule has 0 aromatic carbocycles. The summed E-state index contributed by atoms with van der Waals surface area (Å²) in [6.07, 6.45) is 3.90. The number of aryl methyl sites for hydroxylation is 1. The second kappa shape index (κ2) is 4.73. The number of methoxy groups -OCH3 is 1. The molecule has 1 fully saturated rings. The van der Waals surface area contributed by atoms with Crippen LogP contribution in [0.2, 0.25) is 0 Å². The van der Waals surface area contributed by atoms with Crippen molar-refractivity contribution >= 4 is 5.91 Å². The van der Waals surface area contributed by atoms with E-state index in [1.807, 2.05) is 18.0 Å². The summed E-state index contributed by atoms with van der Waals surface area (Å²) < 4.78 is 5.15. The zero-order chi connectivity index (χ0) is 12.4. The summed E-state index contributed by atoms with van der Waals surface area (Å²) in [7, 11) is 1.62. The van der Waals surface area contributed by atoms with E-state index in [2.05, 4.69) is 11.1 Å². The van der Waals surface area contributed by atoms with Gasteiger partial charge in [-0.25, -0.2) is 4.98 Å². The summed E-state index contributed by atoms with van der Waals surface area (Å²) in [5, 5.41) is 0. The number of rotatable bonds is 2. The number of hydrogen-bond donors (Lipinski definition) is 0. The van der Waals surface area contributed by atoms with Gasteiger partial charge in [0.15, 0.2) is 0 Å². The molecule has 1 aromatic rings. The van der Waals surface area contributed by atoms with Crippen molar-refractivity contribution in [3.8, 4) is 5.88 Å². The number of aromatic nitrogens is 1. The highest BCUT2D eigenvalue weighted by atomic mass is 16.5. The molecule has 1 atom stereocenters. The van der Waals surface area contributed by atoms with E-state index in [0.29, 0.717) is 5.88 Å². The molecule has 0 bridgehead atoms. The molecule has 0 unspecified atom stereocenters. The third-order valence-corrected chi connectivity index (χ3v) is 3.29. The molecule has 1 aliphatic heterocycles. The van der Waals surface area contributed by atoms with Crippen molar-refractivity contribution in [1.29, 1.82) is 0 Å². The maximum atomic E-state index is 11.5. The summed E-state index contributed by atoms with van der Waals surface area (Å²) in [6.45, 7) is 4.45. The fourth-order valence-corrected chi connectivity index (χ4v) is 2.47. The molecule has 0 aliphatic carbocycles. The van der Waals surface area contributed by atoms with E-state index in [4.69, 9.17) is 4.74 Å². The topological polar surface area (TPSA) is 42.4 Å². The van der Waals surface area contributed by atoms with Crippen LogP contribution in [0.5, 0.6) is 5.88 Å². The molecule has 0 saturated carbocycles. The predicted molar refractivity (Wildman–Crippen MR) is 64.9 cm³/mol. The minimum absolute atomic E-state index is 0.140. The number of pyridine rings is 1. The van der Waals surface area contributed by atoms with Crippen LogP contribution in [-0.4, -0.2) is 29.4 Å². The quantitative estimate of drug-likeness (QED) is 0.786. The molecular formula is C13H18N2O2. The van der Waals surface area contributed by atoms with E-state index in [1.54, 1.807) is 14.0 Å². The van der Waals surface area contributed by atoms with Gasteiger partial charge in [0, 0.05) is 25.2 Å². The molecule has 92 valence electrons. The summed E-state index contributed by atoms with van der Waals surface area (Å²) in [6, 6.07) is 2.25. The number of carbonyl (C=O) groups is 1. The number of hydrogen-bond acceptors (Lipinski definition) is 3. The lowest BCUT2D eigenvalue weighted by atomic mass is 10.1. The lowest BCUT2D eigenvalue weighted by molar-refractivity contribution is -0.129. The zero-order valence-electron chi connectivity index (χ0n) is 10.6. The summed E-state index contributed by atoms with van der Waals surface area (Å²) in [5.74, 6) is 0.794. The molecule has 1 saturated heterocycles. The van der Waals surface area contributed by atoms with Crippen LogP contribution < -0.4 is 4.74 Å². The van der Waals surface area contributed by atoms with Crippen LogP contribution in [0.15, 0.2) is 12.3 Å². The Morgan fingerprint density at radius 2 is 2.35 bits per heavy atom. The molecule has 1 aromatic heterocycles. The summed E-state index contributed by atoms with van der Waals surface area (Å²) >= 11 is 0. The summed E-state index contributed by atoms with van der Waals surface area (Å²) in [4.78, 5) is 17.7. The highest BCUT2D eigenvalue weighted by molar-refractivity contribution is 5.74. The van der Waals surface area contributed by atoms with Gasteiger partial charge in [-0.15, -0.1) is 0 Å². The molecule has 2 heterocycles. The van der Waals surface area contributed by atoms with Crippen LogP contribution in [0, 0.1) is 6.92 Å². The lowest BCUT2D eigenvalue weighted by Gasteiger charge is -2.23. The molecular weight excluding hydrogens is 216 g/mol. The lowest BCUT2D eigenvalue weighted by Crippen LogP contribution is -2.28. The first-order valence-corrected chi connectivity index (χ1v) is 5.91. The molecule has 4 heteroatoms. The van der Waals surface area contributed by atoms with Gasteiger partial charge in [-0.2, -0.15) is 0 Å². The first-order chi connectivity index (χ1) is 8.13. The van der Waals surface area contributed by atoms with Crippen molar-refractivity contribution in [2.24, 2.45) is 0 Å². The van der Waals surface area contributed by atoms with Gasteiger partial charge in [0.05, 0.1) is 13.2 Å². The van der Waals surface area contributed by atoms with Gasteiger partial charge in [-0.3, -0.25) is 4.79 Å². The molecule has 2 rings (SSSR count). The van der Waals surface area contributed by atoms with Gasteiger partial charge >= 0.3 is 0 Å². The maximum absolute atomic E-state index is 11.5. The van der Waals surface area contributed by atoms with Crippen LogP contribution in [-0.2, 0) is 4.79 Å². The van der Waals surface area contributed by atoms with Gasteiger partial charge in [-0.1, -0.05) is 0 Å². The van der Waals surface area contributed by atoms with Crippen LogP contribution in [0.4, 0.5) is 0 Å². The Kier molecular flexibility index (Phi) is 3.31. The highest BCUT2D eigenvalue weighted by Crippen LogP contribution is 2.32. The Bertz CT molecular complexity index is 431. The van der Waals surface area contributed by atoms with E-state index in [0.717, 1.165) is 30.5 Å². The standard InChI is InChI=1S/C13H18N2O2/c1-9-7-11(8-14-13(9)17-3)12-5-4-6-15(12)10(2)16/h7-8,12H,4-6H2,1-3H3/t12-/m0/s1. The number of carbonyl (C=O) groups excluding carboxylic acids is 1. The van der Waals surface area contributed by atoms with Crippen LogP contribution in [0.3, 0.4) is 0 Å². The fraction of sp³-hybridized carbons (Fsp3) is 0.538. The fourth-order valence-electron chi connectivity index (χ4n) is 2.47. The van der Waals surface area contributed by atoms with Crippen LogP contribution >= 0.6 is 0 Å². The van der Waals surface area contributed by atoms with Crippen LogP contribution in [0.25, 0.3) is 0 Å². The molecule has 4 nitrogen and oxygen atoms in total. The van der Waals surface area contributed by atoms with Crippen molar-refractivity contribution < 1.29 is 9.53 Å². The van der Waals surface area contributed by atoms with Crippen molar-refractivity contribution in [1.82, 2.24) is 9.88 Å². The van der Waals surface area contributed by atoms with Gasteiger partial charge < -0.3 is 9.64 Å². The Labute approximate surface area is 102 Å². The Hall–Kier alpha value is -1.58. The smallest absolute Gasteiger partial charge is 0.219 e. The normalized spacial score (nSPS) is 19.5. The first kappa shape index (κ1) is 11.9. The largest absolute Gasteiger partial charge is 0.481 e. The number of amides is 1. The third kappa shape index (κ3) is 2.25. The number of likely N-dealkylation sites (tertiary alicyclic amines) is 1. The van der Waals surface area contributed by atoms with Gasteiger partial charge in [0.1, 0.15) is 0 Å². The Morgan fingerprint density at radius 3 is 2.94 bits per heavy atom. The number of nitrogens with zero attached hydrogens (tertiary/aromatic N) is 2. The van der Waals surface area contributed by atoms with Gasteiger partial charge in [0.2, 0.25) is 11.8 Å². The molecule has 1 amide bonds. The molecule has 1 aliphatic rings. The Balaban J connectivity index is 2.27. The van der Waals surface area contributed by atoms with E-state index in [1.165, 1.54) is 0 Å². The minimum atomic E-state index is 0.140. The van der Waals surface area contributed by atoms with E-state index >= 15 is 0 Å². The van der Waals surface area contributed by atoms with E-state index < -0.39 is 0 Å². The average Bonchev–Trinajstić information content (AvgIpc) is 2.77. The van der Waals surface area contributed by atoms with E-state index in [-0.39, 0.29) is 11.9 Å². The average molecular weight is 234 g/mol. The molecule has 0 N–H and O–H groups in total. The van der Waals surface area contributed by atoms with Gasteiger partial charge in [0.25, 0.3) is 0 Å². The summed E-state index contributed by atoms with van der Waals surface area (Å²) in [5.41, 5.74) is 2.12. The molecule has 0 radical (unpaired) electrons. The van der Waals surface area contributed by atoms with E-state index in [9.17, 15) is 4.79 Å². The number of ether oxygens (including phenoxy) is 1. The van der Waals surface area contributed by atoms with Crippen molar-refractivity contribution in [3.63, 3.8) is 0 Å². The minimum Gasteiger partial charge on any atom is -0.481 e. The van der Waals surface area contributed by atoms with Crippen molar-refractivity contribution in [2.75, 3.05) is 13.7 Å². The first-order valence-electron chi connectivity index (χ1n) is 5.91. The van der Waals surface area contributed by atoms with Crippen molar-refractivity contribution in [3.05, 3.63) is 23.4 Å². The molecule has 0 spiro atoms. The highest BCUT2D eigenvalue weighted by Gasteiger charge is 2.28. The zero-order valence-corrected chi connectivity index (χ0v) is 10.6. The van der Waals surface area contributed by atoms with Crippen molar-refractivity contribution in [2.45, 2.75) is 32.7 Å². The second-order valence-electron chi connectivity index (χ2n) is 4.47. The SMILES string of the molecule is COc1ncc([C@@H]2CCCN2C(C)=O)cc1C. The molecule has 17 heavy (non-hydrogen) atoms. The maximum Gasteiger partial charge on any atom is 0.219 e. The third-order valence-electron chi connectivity index (χ3n) is 3.29. The predicted octanol–water partition coefficient (Wildman–Crippen LogP) is 2.08. The second-order valence-corrected chi connectivity index (χ2v) is 4.47. The van der Waals surface area contributed by atoms with Crippen LogP contribution in [0.1, 0.15) is 36.9 Å². The monoisotopic (exact) mass is 234 g/mol. The Morgan fingerprint density at radius 1 is 1.59 bits per heavy atom. The van der Waals surface area contributed by atoms with Gasteiger partial charge in [-0.05, 0) is 31.4 Å².